The number of halogens is 4. The molecule has 0 N–H and O–H groups in total. The van der Waals surface area contributed by atoms with Gasteiger partial charge in [-0.2, -0.15) is 8.78 Å². The van der Waals surface area contributed by atoms with Gasteiger partial charge in [-0.1, -0.05) is 48.5 Å². The highest BCUT2D eigenvalue weighted by Gasteiger charge is 2.15. The van der Waals surface area contributed by atoms with Crippen LogP contribution in [0.25, 0.3) is 33.0 Å². The van der Waals surface area contributed by atoms with Gasteiger partial charge in [-0.25, -0.2) is 8.78 Å². The molecule has 0 unspecified atom stereocenters. The lowest BCUT2D eigenvalue weighted by atomic mass is 9.96. The molecule has 0 spiro atoms. The summed E-state index contributed by atoms with van der Waals surface area (Å²) in [6.07, 6.45) is 3.69. The van der Waals surface area contributed by atoms with Crippen molar-refractivity contribution < 1.29 is 22.3 Å². The Morgan fingerprint density at radius 2 is 1.38 bits per heavy atom. The first-order valence-electron chi connectivity index (χ1n) is 10.1. The van der Waals surface area contributed by atoms with Gasteiger partial charge in [-0.15, -0.1) is 6.58 Å². The van der Waals surface area contributed by atoms with E-state index in [4.69, 9.17) is 0 Å². The quantitative estimate of drug-likeness (QED) is 0.210. The number of ether oxygens (including phenoxy) is 1. The number of allylic oxidation sites excluding steroid dienone is 1. The van der Waals surface area contributed by atoms with Crippen molar-refractivity contribution in [1.29, 1.82) is 0 Å². The molecule has 32 heavy (non-hydrogen) atoms. The molecule has 0 saturated carbocycles. The van der Waals surface area contributed by atoms with Crippen molar-refractivity contribution in [3.05, 3.63) is 103 Å². The van der Waals surface area contributed by atoms with E-state index in [1.165, 1.54) is 42.0 Å². The van der Waals surface area contributed by atoms with Crippen molar-refractivity contribution in [1.82, 2.24) is 0 Å². The lowest BCUT2D eigenvalue weighted by Crippen LogP contribution is -2.01. The number of hydrogen-bond acceptors (Lipinski definition) is 1. The second-order valence-electron chi connectivity index (χ2n) is 7.44. The van der Waals surface area contributed by atoms with E-state index in [2.05, 4.69) is 17.4 Å². The molecule has 4 aromatic rings. The molecule has 0 bridgehead atoms. The Morgan fingerprint density at radius 1 is 0.750 bits per heavy atom. The van der Waals surface area contributed by atoms with Crippen LogP contribution >= 0.6 is 0 Å². The van der Waals surface area contributed by atoms with E-state index >= 15 is 0 Å². The van der Waals surface area contributed by atoms with Gasteiger partial charge in [-0.05, 0) is 76.2 Å². The van der Waals surface area contributed by atoms with Crippen LogP contribution in [0.4, 0.5) is 17.6 Å². The molecular formula is C27H20F4O. The van der Waals surface area contributed by atoms with E-state index in [0.29, 0.717) is 11.1 Å². The first-order chi connectivity index (χ1) is 15.4. The first kappa shape index (κ1) is 21.6. The van der Waals surface area contributed by atoms with Gasteiger partial charge in [0.1, 0.15) is 17.4 Å². The molecule has 0 heterocycles. The third kappa shape index (κ3) is 4.67. The van der Waals surface area contributed by atoms with Crippen molar-refractivity contribution in [3.8, 4) is 28.0 Å². The molecule has 162 valence electrons. The highest BCUT2D eigenvalue weighted by Crippen LogP contribution is 2.33. The van der Waals surface area contributed by atoms with Crippen molar-refractivity contribution in [2.45, 2.75) is 19.5 Å². The Labute approximate surface area is 183 Å². The Bertz CT molecular complexity index is 1240. The van der Waals surface area contributed by atoms with E-state index in [-0.39, 0.29) is 16.9 Å². The highest BCUT2D eigenvalue weighted by molar-refractivity contribution is 5.88. The Morgan fingerprint density at radius 3 is 2.03 bits per heavy atom. The van der Waals surface area contributed by atoms with Crippen LogP contribution in [-0.4, -0.2) is 6.61 Å². The van der Waals surface area contributed by atoms with Gasteiger partial charge < -0.3 is 4.74 Å². The summed E-state index contributed by atoms with van der Waals surface area (Å²) in [6.45, 7) is 0.779. The fourth-order valence-electron chi connectivity index (χ4n) is 3.72. The summed E-state index contributed by atoms with van der Waals surface area (Å²) >= 11 is 0. The summed E-state index contributed by atoms with van der Waals surface area (Å²) < 4.78 is 58.6. The fourth-order valence-corrected chi connectivity index (χ4v) is 3.72. The predicted octanol–water partition coefficient (Wildman–Crippen LogP) is 8.17. The molecule has 0 aliphatic rings. The van der Waals surface area contributed by atoms with Crippen LogP contribution in [0.1, 0.15) is 12.0 Å². The minimum Gasteiger partial charge on any atom is -0.435 e. The van der Waals surface area contributed by atoms with Crippen molar-refractivity contribution in [2.24, 2.45) is 0 Å². The molecule has 4 rings (SSSR count). The number of fused-ring (bicyclic) bond motifs is 1. The summed E-state index contributed by atoms with van der Waals surface area (Å²) in [5.74, 6) is -1.55. The maximum Gasteiger partial charge on any atom is 0.387 e. The Balaban J connectivity index is 1.65. The Kier molecular flexibility index (Phi) is 6.26. The highest BCUT2D eigenvalue weighted by atomic mass is 19.3. The second kappa shape index (κ2) is 9.27. The smallest absolute Gasteiger partial charge is 0.387 e. The number of alkyl halides is 2. The van der Waals surface area contributed by atoms with Gasteiger partial charge in [-0.3, -0.25) is 0 Å². The summed E-state index contributed by atoms with van der Waals surface area (Å²) in [6, 6.07) is 19.6. The van der Waals surface area contributed by atoms with E-state index in [0.717, 1.165) is 23.6 Å². The zero-order valence-electron chi connectivity index (χ0n) is 17.1. The molecule has 0 atom stereocenters. The monoisotopic (exact) mass is 436 g/mol. The van der Waals surface area contributed by atoms with Gasteiger partial charge in [0.2, 0.25) is 0 Å². The average Bonchev–Trinajstić information content (AvgIpc) is 2.77. The van der Waals surface area contributed by atoms with Crippen molar-refractivity contribution in [3.63, 3.8) is 0 Å². The number of aryl methyl sites for hydroxylation is 1. The maximum absolute atomic E-state index is 14.9. The summed E-state index contributed by atoms with van der Waals surface area (Å²) in [5, 5.41) is 2.03. The second-order valence-corrected chi connectivity index (χ2v) is 7.44. The number of rotatable bonds is 7. The van der Waals surface area contributed by atoms with Crippen molar-refractivity contribution >= 4 is 10.8 Å². The van der Waals surface area contributed by atoms with Gasteiger partial charge in [0.05, 0.1) is 5.56 Å². The van der Waals surface area contributed by atoms with Crippen LogP contribution < -0.4 is 4.74 Å². The van der Waals surface area contributed by atoms with Gasteiger partial charge in [0.25, 0.3) is 0 Å². The van der Waals surface area contributed by atoms with Gasteiger partial charge in [0.15, 0.2) is 0 Å². The lowest BCUT2D eigenvalue weighted by Gasteiger charge is -2.11. The third-order valence-corrected chi connectivity index (χ3v) is 5.29. The molecule has 0 radical (unpaired) electrons. The zero-order valence-corrected chi connectivity index (χ0v) is 17.1. The standard InChI is InChI=1S/C27H20F4O/c1-2-3-4-17-5-6-20-14-21(8-7-19(20)13-17)22-15-24(28)26(25(29)16-22)18-9-11-23(12-10-18)32-27(30)31/h2,5-16,27H,1,3-4H2. The van der Waals surface area contributed by atoms with Crippen LogP contribution in [0.3, 0.4) is 0 Å². The molecular weight excluding hydrogens is 416 g/mol. The van der Waals surface area contributed by atoms with Crippen LogP contribution in [-0.2, 0) is 6.42 Å². The SMILES string of the molecule is C=CCCc1ccc2cc(-c3cc(F)c(-c4ccc(OC(F)F)cc4)c(F)c3)ccc2c1. The minimum atomic E-state index is -2.96. The average molecular weight is 436 g/mol. The summed E-state index contributed by atoms with van der Waals surface area (Å²) in [5.41, 5.74) is 2.33. The minimum absolute atomic E-state index is 0.0787. The largest absolute Gasteiger partial charge is 0.435 e. The maximum atomic E-state index is 14.9. The van der Waals surface area contributed by atoms with Gasteiger partial charge in [0, 0.05) is 0 Å². The molecule has 5 heteroatoms. The van der Waals surface area contributed by atoms with Crippen LogP contribution in [0.2, 0.25) is 0 Å². The number of hydrogen-bond donors (Lipinski definition) is 0. The normalized spacial score (nSPS) is 11.2. The molecule has 0 fully saturated rings. The molecule has 0 aromatic heterocycles. The molecule has 0 aliphatic heterocycles. The third-order valence-electron chi connectivity index (χ3n) is 5.29. The molecule has 0 aliphatic carbocycles. The fraction of sp³-hybridized carbons (Fsp3) is 0.111. The molecule has 0 amide bonds. The molecule has 0 saturated heterocycles. The zero-order chi connectivity index (χ0) is 22.7. The van der Waals surface area contributed by atoms with Crippen molar-refractivity contribution in [2.75, 3.05) is 0 Å². The van der Waals surface area contributed by atoms with E-state index in [9.17, 15) is 17.6 Å². The van der Waals surface area contributed by atoms with Crippen LogP contribution in [0.5, 0.6) is 5.75 Å². The molecule has 4 aromatic carbocycles. The number of benzene rings is 4. The summed E-state index contributed by atoms with van der Waals surface area (Å²) in [7, 11) is 0. The Hall–Kier alpha value is -3.60. The van der Waals surface area contributed by atoms with E-state index in [1.807, 2.05) is 36.4 Å². The topological polar surface area (TPSA) is 9.23 Å². The van der Waals surface area contributed by atoms with E-state index in [1.54, 1.807) is 0 Å². The first-order valence-corrected chi connectivity index (χ1v) is 10.1. The predicted molar refractivity (Wildman–Crippen MR) is 120 cm³/mol. The summed E-state index contributed by atoms with van der Waals surface area (Å²) in [4.78, 5) is 0. The van der Waals surface area contributed by atoms with Gasteiger partial charge >= 0.3 is 6.61 Å². The molecule has 1 nitrogen and oxygen atoms in total. The van der Waals surface area contributed by atoms with Crippen LogP contribution in [0, 0.1) is 11.6 Å². The van der Waals surface area contributed by atoms with Crippen LogP contribution in [0.15, 0.2) is 85.5 Å². The lowest BCUT2D eigenvalue weighted by molar-refractivity contribution is -0.0498. The van der Waals surface area contributed by atoms with E-state index < -0.39 is 18.2 Å².